The second kappa shape index (κ2) is 6.81. The minimum Gasteiger partial charge on any atom is -0.481 e. The van der Waals surface area contributed by atoms with Gasteiger partial charge in [0.05, 0.1) is 25.7 Å². The summed E-state index contributed by atoms with van der Waals surface area (Å²) in [5, 5.41) is 13.0. The van der Waals surface area contributed by atoms with Gasteiger partial charge >= 0.3 is 5.97 Å². The van der Waals surface area contributed by atoms with Crippen LogP contribution in [-0.2, 0) is 22.5 Å². The Morgan fingerprint density at radius 2 is 2.35 bits per heavy atom. The van der Waals surface area contributed by atoms with Crippen molar-refractivity contribution in [3.63, 3.8) is 0 Å². The number of carboxylic acid groups (broad SMARTS) is 1. The number of nitrogens with zero attached hydrogens (tertiary/aromatic N) is 3. The van der Waals surface area contributed by atoms with Crippen molar-refractivity contribution in [2.75, 3.05) is 26.3 Å². The zero-order valence-corrected chi connectivity index (χ0v) is 11.9. The van der Waals surface area contributed by atoms with Gasteiger partial charge in [-0.1, -0.05) is 19.0 Å². The van der Waals surface area contributed by atoms with Gasteiger partial charge in [0.2, 0.25) is 5.89 Å². The van der Waals surface area contributed by atoms with E-state index in [0.717, 1.165) is 6.42 Å². The van der Waals surface area contributed by atoms with E-state index in [-0.39, 0.29) is 6.61 Å². The smallest absolute Gasteiger partial charge is 0.310 e. The molecule has 7 nitrogen and oxygen atoms in total. The zero-order valence-electron chi connectivity index (χ0n) is 11.9. The Hall–Kier alpha value is -1.47. The highest BCUT2D eigenvalue weighted by Gasteiger charge is 2.25. The van der Waals surface area contributed by atoms with Gasteiger partial charge in [0.1, 0.15) is 0 Å². The second-order valence-electron chi connectivity index (χ2n) is 5.55. The van der Waals surface area contributed by atoms with Crippen LogP contribution in [0.3, 0.4) is 0 Å². The number of hydrogen-bond donors (Lipinski definition) is 1. The lowest BCUT2D eigenvalue weighted by Gasteiger charge is -2.19. The van der Waals surface area contributed by atoms with Gasteiger partial charge in [0, 0.05) is 19.5 Å². The molecule has 7 heteroatoms. The Balaban J connectivity index is 1.94. The molecule has 0 aliphatic carbocycles. The molecule has 2 rings (SSSR count). The molecule has 2 heterocycles. The van der Waals surface area contributed by atoms with E-state index in [1.54, 1.807) is 0 Å². The van der Waals surface area contributed by atoms with Crippen molar-refractivity contribution in [3.05, 3.63) is 11.7 Å². The van der Waals surface area contributed by atoms with Gasteiger partial charge in [0.15, 0.2) is 5.82 Å². The van der Waals surface area contributed by atoms with E-state index in [1.807, 2.05) is 4.90 Å². The van der Waals surface area contributed by atoms with E-state index < -0.39 is 11.9 Å². The summed E-state index contributed by atoms with van der Waals surface area (Å²) in [6.07, 6.45) is 0.758. The van der Waals surface area contributed by atoms with Crippen molar-refractivity contribution >= 4 is 5.97 Å². The molecule has 0 spiro atoms. The molecule has 1 unspecified atom stereocenters. The molecule has 1 atom stereocenters. The molecule has 20 heavy (non-hydrogen) atoms. The van der Waals surface area contributed by atoms with Crippen molar-refractivity contribution in [2.45, 2.75) is 26.8 Å². The molecular weight excluding hydrogens is 262 g/mol. The predicted octanol–water partition coefficient (Wildman–Crippen LogP) is 0.801. The maximum absolute atomic E-state index is 11.1. The summed E-state index contributed by atoms with van der Waals surface area (Å²) in [6.45, 7) is 6.59. The van der Waals surface area contributed by atoms with Crippen LogP contribution in [0.15, 0.2) is 4.52 Å². The first-order chi connectivity index (χ1) is 9.54. The van der Waals surface area contributed by atoms with E-state index in [1.165, 1.54) is 0 Å². The molecule has 1 aliphatic heterocycles. The molecule has 0 bridgehead atoms. The van der Waals surface area contributed by atoms with Crippen molar-refractivity contribution in [3.8, 4) is 0 Å². The van der Waals surface area contributed by atoms with Gasteiger partial charge < -0.3 is 14.4 Å². The number of carbonyl (C=O) groups is 1. The van der Waals surface area contributed by atoms with Gasteiger partial charge in [-0.25, -0.2) is 0 Å². The molecule has 1 saturated heterocycles. The summed E-state index contributed by atoms with van der Waals surface area (Å²) in [4.78, 5) is 17.4. The molecule has 1 N–H and O–H groups in total. The highest BCUT2D eigenvalue weighted by molar-refractivity contribution is 5.70. The number of ether oxygens (including phenoxy) is 1. The Kier molecular flexibility index (Phi) is 5.08. The SMILES string of the molecule is CC(C)Cc1nc(CN2CCOCC(C(=O)O)C2)no1. The summed E-state index contributed by atoms with van der Waals surface area (Å²) >= 11 is 0. The Bertz CT molecular complexity index is 447. The molecule has 0 radical (unpaired) electrons. The molecule has 1 aromatic heterocycles. The fourth-order valence-electron chi connectivity index (χ4n) is 2.15. The van der Waals surface area contributed by atoms with Gasteiger partial charge in [0.25, 0.3) is 0 Å². The molecule has 0 amide bonds. The van der Waals surface area contributed by atoms with E-state index in [0.29, 0.717) is 43.9 Å². The fourth-order valence-corrected chi connectivity index (χ4v) is 2.15. The summed E-state index contributed by atoms with van der Waals surface area (Å²) < 4.78 is 10.5. The van der Waals surface area contributed by atoms with E-state index in [4.69, 9.17) is 14.4 Å². The zero-order chi connectivity index (χ0) is 14.5. The Morgan fingerprint density at radius 3 is 3.05 bits per heavy atom. The van der Waals surface area contributed by atoms with Crippen molar-refractivity contribution < 1.29 is 19.2 Å². The van der Waals surface area contributed by atoms with Crippen molar-refractivity contribution in [2.24, 2.45) is 11.8 Å². The second-order valence-corrected chi connectivity index (χ2v) is 5.55. The highest BCUT2D eigenvalue weighted by atomic mass is 16.5. The van der Waals surface area contributed by atoms with Crippen LogP contribution in [0.2, 0.25) is 0 Å². The van der Waals surface area contributed by atoms with Crippen LogP contribution in [0.5, 0.6) is 0 Å². The summed E-state index contributed by atoms with van der Waals surface area (Å²) in [6, 6.07) is 0. The lowest BCUT2D eigenvalue weighted by Crippen LogP contribution is -2.33. The summed E-state index contributed by atoms with van der Waals surface area (Å²) in [5.74, 6) is 0.374. The first-order valence-corrected chi connectivity index (χ1v) is 6.89. The lowest BCUT2D eigenvalue weighted by atomic mass is 10.1. The first-order valence-electron chi connectivity index (χ1n) is 6.89. The number of hydrogen-bond acceptors (Lipinski definition) is 6. The average molecular weight is 283 g/mol. The molecule has 1 aliphatic rings. The van der Waals surface area contributed by atoms with Crippen LogP contribution in [0.1, 0.15) is 25.6 Å². The van der Waals surface area contributed by atoms with Gasteiger partial charge in [-0.15, -0.1) is 0 Å². The maximum Gasteiger partial charge on any atom is 0.310 e. The van der Waals surface area contributed by atoms with Gasteiger partial charge in [-0.05, 0) is 5.92 Å². The van der Waals surface area contributed by atoms with Crippen LogP contribution in [0, 0.1) is 11.8 Å². The standard InChI is InChI=1S/C13H21N3O4/c1-9(2)5-12-14-11(15-20-12)7-16-3-4-19-8-10(6-16)13(17)18/h9-10H,3-8H2,1-2H3,(H,17,18). The van der Waals surface area contributed by atoms with Crippen LogP contribution >= 0.6 is 0 Å². The fraction of sp³-hybridized carbons (Fsp3) is 0.769. The average Bonchev–Trinajstić information content (AvgIpc) is 2.65. The van der Waals surface area contributed by atoms with Crippen molar-refractivity contribution in [1.29, 1.82) is 0 Å². The molecule has 112 valence electrons. The Morgan fingerprint density at radius 1 is 1.55 bits per heavy atom. The Labute approximate surface area is 117 Å². The molecule has 0 saturated carbocycles. The number of carboxylic acids is 1. The maximum atomic E-state index is 11.1. The largest absolute Gasteiger partial charge is 0.481 e. The highest BCUT2D eigenvalue weighted by Crippen LogP contribution is 2.11. The minimum atomic E-state index is -0.828. The molecule has 1 fully saturated rings. The van der Waals surface area contributed by atoms with E-state index >= 15 is 0 Å². The van der Waals surface area contributed by atoms with E-state index in [9.17, 15) is 4.79 Å². The third kappa shape index (κ3) is 4.28. The predicted molar refractivity (Wildman–Crippen MR) is 70.1 cm³/mol. The normalized spacial score (nSPS) is 21.1. The molecular formula is C13H21N3O4. The van der Waals surface area contributed by atoms with Crippen LogP contribution in [-0.4, -0.2) is 52.4 Å². The topological polar surface area (TPSA) is 88.7 Å². The van der Waals surface area contributed by atoms with Crippen molar-refractivity contribution in [1.82, 2.24) is 15.0 Å². The molecule has 0 aromatic carbocycles. The third-order valence-electron chi connectivity index (χ3n) is 3.16. The third-order valence-corrected chi connectivity index (χ3v) is 3.16. The monoisotopic (exact) mass is 283 g/mol. The summed E-state index contributed by atoms with van der Waals surface area (Å²) in [5.41, 5.74) is 0. The van der Waals surface area contributed by atoms with Gasteiger partial charge in [-0.2, -0.15) is 4.98 Å². The van der Waals surface area contributed by atoms with Gasteiger partial charge in [-0.3, -0.25) is 9.69 Å². The first kappa shape index (κ1) is 14.9. The van der Waals surface area contributed by atoms with Crippen LogP contribution in [0.4, 0.5) is 0 Å². The number of rotatable bonds is 5. The number of aromatic nitrogens is 2. The lowest BCUT2D eigenvalue weighted by molar-refractivity contribution is -0.143. The quantitative estimate of drug-likeness (QED) is 0.855. The van der Waals surface area contributed by atoms with Crippen LogP contribution in [0.25, 0.3) is 0 Å². The molecule has 1 aromatic rings. The number of aliphatic carboxylic acids is 1. The summed E-state index contributed by atoms with van der Waals surface area (Å²) in [7, 11) is 0. The van der Waals surface area contributed by atoms with Crippen LogP contribution < -0.4 is 0 Å². The van der Waals surface area contributed by atoms with E-state index in [2.05, 4.69) is 24.0 Å². The minimum absolute atomic E-state index is 0.261.